The molecule has 0 aliphatic carbocycles. The van der Waals surface area contributed by atoms with Crippen LogP contribution in [0.3, 0.4) is 0 Å². The van der Waals surface area contributed by atoms with Gasteiger partial charge in [-0.1, -0.05) is 220 Å². The number of hydrogen-bond acceptors (Lipinski definition) is 15. The third-order valence-corrected chi connectivity index (χ3v) is 14.5. The summed E-state index contributed by atoms with van der Waals surface area (Å²) in [5, 5.41) is 10.5. The zero-order chi connectivity index (χ0) is 54.8. The number of carbonyl (C=O) groups is 4. The molecule has 17 nitrogen and oxygen atoms in total. The van der Waals surface area contributed by atoms with Crippen LogP contribution in [-0.4, -0.2) is 96.7 Å². The Morgan fingerprint density at radius 3 is 0.797 bits per heavy atom. The third-order valence-electron chi connectivity index (χ3n) is 12.6. The molecule has 2 unspecified atom stereocenters. The molecule has 0 radical (unpaired) electrons. The van der Waals surface area contributed by atoms with Crippen LogP contribution in [0, 0.1) is 0 Å². The molecule has 0 bridgehead atoms. The normalized spacial score (nSPS) is 14.4. The monoisotopic (exact) mass is 1100 g/mol. The SMILES string of the molecule is CCCCCCCCCCCCC(=O)O[C@H](COC(=O)CCCCCCCCCC)COP(=O)(O)OC[C@@H](O)COP(=O)(O)OC[C@@H](COC(=O)CCCCCCCCCC)OC(=O)CCCCCCCCCC. The molecule has 0 aromatic rings. The molecule has 3 N–H and O–H groups in total. The minimum absolute atomic E-state index is 0.105. The van der Waals surface area contributed by atoms with Crippen molar-refractivity contribution in [3.63, 3.8) is 0 Å². The van der Waals surface area contributed by atoms with Crippen molar-refractivity contribution >= 4 is 39.5 Å². The van der Waals surface area contributed by atoms with Crippen molar-refractivity contribution in [1.29, 1.82) is 0 Å². The molecule has 5 atom stereocenters. The van der Waals surface area contributed by atoms with Gasteiger partial charge in [0.05, 0.1) is 26.4 Å². The maximum absolute atomic E-state index is 12.9. The number of aliphatic hydroxyl groups is 1. The standard InChI is InChI=1S/C55H106O17P2/c1-5-9-13-17-21-25-26-30-34-38-42-55(60)72-51(46-66-53(58)40-36-32-28-23-19-15-11-7-3)48-70-74(63,64)68-44-49(56)43-67-73(61,62)69-47-50(71-54(59)41-37-33-29-24-20-16-12-8-4)45-65-52(57)39-35-31-27-22-18-14-10-6-2/h49-51,56H,5-48H2,1-4H3,(H,61,62)(H,63,64)/t49-,50+,51+/m0/s1. The molecule has 0 heterocycles. The van der Waals surface area contributed by atoms with Gasteiger partial charge in [0.1, 0.15) is 19.3 Å². The summed E-state index contributed by atoms with van der Waals surface area (Å²) in [7, 11) is -9.85. The summed E-state index contributed by atoms with van der Waals surface area (Å²) in [5.74, 6) is -2.15. The van der Waals surface area contributed by atoms with E-state index in [0.717, 1.165) is 109 Å². The maximum Gasteiger partial charge on any atom is 0.472 e. The molecule has 438 valence electrons. The van der Waals surface area contributed by atoms with Gasteiger partial charge in [0.2, 0.25) is 0 Å². The van der Waals surface area contributed by atoms with E-state index in [9.17, 15) is 43.2 Å². The van der Waals surface area contributed by atoms with E-state index >= 15 is 0 Å². The molecule has 0 saturated carbocycles. The molecule has 0 rings (SSSR count). The highest BCUT2D eigenvalue weighted by atomic mass is 31.2. The van der Waals surface area contributed by atoms with Crippen LogP contribution in [-0.2, 0) is 65.4 Å². The molecule has 0 aliphatic heterocycles. The van der Waals surface area contributed by atoms with Gasteiger partial charge >= 0.3 is 39.5 Å². The van der Waals surface area contributed by atoms with Crippen LogP contribution in [0.15, 0.2) is 0 Å². The minimum atomic E-state index is -4.93. The summed E-state index contributed by atoms with van der Waals surface area (Å²) in [6.45, 7) is 4.74. The summed E-state index contributed by atoms with van der Waals surface area (Å²) < 4.78 is 67.4. The Balaban J connectivity index is 5.20. The largest absolute Gasteiger partial charge is 0.472 e. The topological polar surface area (TPSA) is 237 Å². The Kier molecular flexibility index (Phi) is 49.2. The van der Waals surface area contributed by atoms with E-state index in [1.165, 1.54) is 83.5 Å². The molecule has 0 aliphatic rings. The highest BCUT2D eigenvalue weighted by Crippen LogP contribution is 2.45. The zero-order valence-electron chi connectivity index (χ0n) is 46.8. The quantitative estimate of drug-likeness (QED) is 0.0222. The lowest BCUT2D eigenvalue weighted by molar-refractivity contribution is -0.161. The van der Waals surface area contributed by atoms with E-state index in [1.54, 1.807) is 0 Å². The van der Waals surface area contributed by atoms with Crippen LogP contribution < -0.4 is 0 Å². The van der Waals surface area contributed by atoms with Crippen LogP contribution >= 0.6 is 15.6 Å². The van der Waals surface area contributed by atoms with E-state index in [-0.39, 0.29) is 25.7 Å². The van der Waals surface area contributed by atoms with Crippen LogP contribution in [0.5, 0.6) is 0 Å². The maximum atomic E-state index is 12.9. The van der Waals surface area contributed by atoms with Crippen molar-refractivity contribution in [2.24, 2.45) is 0 Å². The van der Waals surface area contributed by atoms with Gasteiger partial charge in [-0.05, 0) is 25.7 Å². The Morgan fingerprint density at radius 2 is 0.541 bits per heavy atom. The van der Waals surface area contributed by atoms with Crippen LogP contribution in [0.2, 0.25) is 0 Å². The summed E-state index contributed by atoms with van der Waals surface area (Å²) in [6, 6.07) is 0. The molecule has 0 fully saturated rings. The van der Waals surface area contributed by atoms with Gasteiger partial charge in [-0.3, -0.25) is 37.3 Å². The average Bonchev–Trinajstić information content (AvgIpc) is 3.37. The first-order chi connectivity index (χ1) is 35.7. The van der Waals surface area contributed by atoms with Gasteiger partial charge in [-0.2, -0.15) is 0 Å². The first-order valence-corrected chi connectivity index (χ1v) is 32.3. The van der Waals surface area contributed by atoms with Crippen molar-refractivity contribution < 1.29 is 80.2 Å². The average molecular weight is 1100 g/mol. The smallest absolute Gasteiger partial charge is 0.462 e. The van der Waals surface area contributed by atoms with Crippen molar-refractivity contribution in [3.8, 4) is 0 Å². The van der Waals surface area contributed by atoms with Gasteiger partial charge in [0.15, 0.2) is 12.2 Å². The molecule has 0 amide bonds. The number of phosphoric ester groups is 2. The zero-order valence-corrected chi connectivity index (χ0v) is 48.6. The van der Waals surface area contributed by atoms with Crippen molar-refractivity contribution in [3.05, 3.63) is 0 Å². The predicted octanol–water partition coefficient (Wildman–Crippen LogP) is 14.4. The second-order valence-corrected chi connectivity index (χ2v) is 22.9. The number of phosphoric acid groups is 2. The van der Waals surface area contributed by atoms with Gasteiger partial charge in [0.25, 0.3) is 0 Å². The summed E-state index contributed by atoms with van der Waals surface area (Å²) in [6.07, 6.45) is 32.2. The Hall–Kier alpha value is -1.94. The molecule has 0 spiro atoms. The van der Waals surface area contributed by atoms with Crippen LogP contribution in [0.4, 0.5) is 0 Å². The third kappa shape index (κ3) is 49.6. The Labute approximate surface area is 447 Å². The number of carbonyl (C=O) groups excluding carboxylic acids is 4. The summed E-state index contributed by atoms with van der Waals surface area (Å²) in [4.78, 5) is 71.5. The fraction of sp³-hybridized carbons (Fsp3) is 0.927. The van der Waals surface area contributed by atoms with Crippen molar-refractivity contribution in [2.75, 3.05) is 39.6 Å². The Bertz CT molecular complexity index is 1450. The second-order valence-electron chi connectivity index (χ2n) is 20.0. The molecule has 74 heavy (non-hydrogen) atoms. The van der Waals surface area contributed by atoms with E-state index in [0.29, 0.717) is 25.7 Å². The fourth-order valence-corrected chi connectivity index (χ4v) is 9.62. The first kappa shape index (κ1) is 72.1. The predicted molar refractivity (Wildman–Crippen MR) is 289 cm³/mol. The molecular weight excluding hydrogens is 995 g/mol. The number of rotatable bonds is 56. The summed E-state index contributed by atoms with van der Waals surface area (Å²) >= 11 is 0. The molecule has 0 saturated heterocycles. The first-order valence-electron chi connectivity index (χ1n) is 29.3. The highest BCUT2D eigenvalue weighted by molar-refractivity contribution is 7.47. The van der Waals surface area contributed by atoms with Gasteiger partial charge < -0.3 is 33.8 Å². The number of aliphatic hydroxyl groups excluding tert-OH is 1. The fourth-order valence-electron chi connectivity index (χ4n) is 8.04. The van der Waals surface area contributed by atoms with E-state index < -0.39 is 97.5 Å². The molecule has 0 aromatic carbocycles. The van der Waals surface area contributed by atoms with Gasteiger partial charge in [-0.25, -0.2) is 9.13 Å². The molecular formula is C55H106O17P2. The van der Waals surface area contributed by atoms with Gasteiger partial charge in [0, 0.05) is 25.7 Å². The number of hydrogen-bond donors (Lipinski definition) is 3. The number of unbranched alkanes of at least 4 members (excludes halogenated alkanes) is 30. The lowest BCUT2D eigenvalue weighted by Crippen LogP contribution is -2.30. The van der Waals surface area contributed by atoms with Crippen LogP contribution in [0.25, 0.3) is 0 Å². The second kappa shape index (κ2) is 50.6. The van der Waals surface area contributed by atoms with Crippen molar-refractivity contribution in [1.82, 2.24) is 0 Å². The van der Waals surface area contributed by atoms with Gasteiger partial charge in [-0.15, -0.1) is 0 Å². The lowest BCUT2D eigenvalue weighted by Gasteiger charge is -2.21. The lowest BCUT2D eigenvalue weighted by atomic mass is 10.1. The van der Waals surface area contributed by atoms with Crippen LogP contribution in [0.1, 0.15) is 272 Å². The number of esters is 4. The number of ether oxygens (including phenoxy) is 4. The van der Waals surface area contributed by atoms with Crippen molar-refractivity contribution in [2.45, 2.75) is 290 Å². The highest BCUT2D eigenvalue weighted by Gasteiger charge is 2.30. The molecule has 19 heteroatoms. The Morgan fingerprint density at radius 1 is 0.324 bits per heavy atom. The van der Waals surface area contributed by atoms with E-state index in [2.05, 4.69) is 27.7 Å². The van der Waals surface area contributed by atoms with E-state index in [4.69, 9.17) is 37.0 Å². The molecule has 0 aromatic heterocycles. The summed E-state index contributed by atoms with van der Waals surface area (Å²) in [5.41, 5.74) is 0. The van der Waals surface area contributed by atoms with E-state index in [1.807, 2.05) is 0 Å². The minimum Gasteiger partial charge on any atom is -0.462 e.